The number of hydrogen-bond acceptors (Lipinski definition) is 2. The number of benzene rings is 1. The zero-order valence-electron chi connectivity index (χ0n) is 10.9. The summed E-state index contributed by atoms with van der Waals surface area (Å²) in [6, 6.07) is 2.43. The molecule has 19 heavy (non-hydrogen) atoms. The van der Waals surface area contributed by atoms with E-state index in [1.807, 2.05) is 0 Å². The number of amides is 1. The Morgan fingerprint density at radius 2 is 2.11 bits per heavy atom. The van der Waals surface area contributed by atoms with Gasteiger partial charge in [-0.25, -0.2) is 8.78 Å². The van der Waals surface area contributed by atoms with Gasteiger partial charge in [0, 0.05) is 6.54 Å². The fraction of sp³-hybridized carbons (Fsp3) is 0.500. The van der Waals surface area contributed by atoms with Crippen molar-refractivity contribution < 1.29 is 13.6 Å². The third-order valence-electron chi connectivity index (χ3n) is 3.77. The van der Waals surface area contributed by atoms with Gasteiger partial charge in [0.25, 0.3) is 5.91 Å². The lowest BCUT2D eigenvalue weighted by atomic mass is 10.0. The van der Waals surface area contributed by atoms with Crippen LogP contribution in [-0.4, -0.2) is 19.0 Å². The van der Waals surface area contributed by atoms with E-state index >= 15 is 0 Å². The second-order valence-electron chi connectivity index (χ2n) is 5.27. The number of carbonyl (C=O) groups excluding carboxylic acids is 1. The largest absolute Gasteiger partial charge is 0.351 e. The molecule has 0 atom stereocenters. The molecule has 1 aromatic carbocycles. The second-order valence-corrected chi connectivity index (χ2v) is 5.27. The van der Waals surface area contributed by atoms with Crippen LogP contribution in [0.2, 0.25) is 0 Å². The van der Waals surface area contributed by atoms with Crippen LogP contribution in [0.25, 0.3) is 0 Å². The van der Waals surface area contributed by atoms with E-state index in [0.29, 0.717) is 13.1 Å². The molecule has 5 heteroatoms. The summed E-state index contributed by atoms with van der Waals surface area (Å²) in [5.74, 6) is -2.31. The molecule has 0 unspecified atom stereocenters. The Morgan fingerprint density at radius 1 is 1.42 bits per heavy atom. The van der Waals surface area contributed by atoms with Crippen molar-refractivity contribution in [3.63, 3.8) is 0 Å². The minimum atomic E-state index is -0.829. The zero-order chi connectivity index (χ0) is 14.0. The van der Waals surface area contributed by atoms with Crippen LogP contribution >= 0.6 is 0 Å². The van der Waals surface area contributed by atoms with Crippen LogP contribution < -0.4 is 11.1 Å². The highest BCUT2D eigenvalue weighted by Gasteiger charge is 2.41. The molecule has 0 aliphatic heterocycles. The lowest BCUT2D eigenvalue weighted by molar-refractivity contribution is 0.0935. The van der Waals surface area contributed by atoms with E-state index in [0.717, 1.165) is 25.3 Å². The standard InChI is InChI=1S/C14H18F2N2O/c1-9-2-3-10(15)11(12(9)16)13(19)18-8-14(4-5-14)6-7-17/h2-3H,4-8,17H2,1H3,(H,18,19). The number of nitrogens with one attached hydrogen (secondary N) is 1. The summed E-state index contributed by atoms with van der Waals surface area (Å²) >= 11 is 0. The normalized spacial score (nSPS) is 16.2. The van der Waals surface area contributed by atoms with E-state index in [1.165, 1.54) is 13.0 Å². The molecule has 1 aliphatic carbocycles. The molecule has 0 saturated heterocycles. The van der Waals surface area contributed by atoms with Crippen molar-refractivity contribution in [1.82, 2.24) is 5.32 Å². The molecule has 2 rings (SSSR count). The maximum absolute atomic E-state index is 13.8. The number of halogens is 2. The van der Waals surface area contributed by atoms with Crippen molar-refractivity contribution in [2.45, 2.75) is 26.2 Å². The summed E-state index contributed by atoms with van der Waals surface area (Å²) in [5.41, 5.74) is 5.31. The minimum absolute atomic E-state index is 0.0428. The molecule has 104 valence electrons. The Morgan fingerprint density at radius 3 is 2.68 bits per heavy atom. The van der Waals surface area contributed by atoms with Crippen molar-refractivity contribution in [1.29, 1.82) is 0 Å². The summed E-state index contributed by atoms with van der Waals surface area (Å²) in [7, 11) is 0. The van der Waals surface area contributed by atoms with Gasteiger partial charge in [-0.2, -0.15) is 0 Å². The Labute approximate surface area is 111 Å². The molecule has 3 nitrogen and oxygen atoms in total. The van der Waals surface area contributed by atoms with Crippen molar-refractivity contribution in [2.75, 3.05) is 13.1 Å². The zero-order valence-corrected chi connectivity index (χ0v) is 10.9. The van der Waals surface area contributed by atoms with Crippen LogP contribution in [0.4, 0.5) is 8.78 Å². The van der Waals surface area contributed by atoms with Crippen LogP contribution in [0, 0.1) is 24.0 Å². The maximum atomic E-state index is 13.8. The molecule has 0 bridgehead atoms. The van der Waals surface area contributed by atoms with E-state index in [1.54, 1.807) is 0 Å². The Kier molecular flexibility index (Phi) is 3.85. The van der Waals surface area contributed by atoms with Crippen LogP contribution in [0.15, 0.2) is 12.1 Å². The van der Waals surface area contributed by atoms with Gasteiger partial charge in [0.2, 0.25) is 0 Å². The van der Waals surface area contributed by atoms with Crippen molar-refractivity contribution in [3.8, 4) is 0 Å². The molecular weight excluding hydrogens is 250 g/mol. The SMILES string of the molecule is Cc1ccc(F)c(C(=O)NCC2(CCN)CC2)c1F. The highest BCUT2D eigenvalue weighted by molar-refractivity contribution is 5.95. The highest BCUT2D eigenvalue weighted by Crippen LogP contribution is 2.47. The molecule has 1 aliphatic rings. The predicted octanol–water partition coefficient (Wildman–Crippen LogP) is 2.13. The summed E-state index contributed by atoms with van der Waals surface area (Å²) in [6.07, 6.45) is 2.83. The van der Waals surface area contributed by atoms with Gasteiger partial charge in [-0.05, 0) is 49.8 Å². The smallest absolute Gasteiger partial charge is 0.257 e. The van der Waals surface area contributed by atoms with E-state index in [9.17, 15) is 13.6 Å². The molecule has 1 saturated carbocycles. The van der Waals surface area contributed by atoms with E-state index in [-0.39, 0.29) is 11.0 Å². The first-order valence-electron chi connectivity index (χ1n) is 6.42. The average Bonchev–Trinajstić information content (AvgIpc) is 3.13. The number of carbonyl (C=O) groups is 1. The van der Waals surface area contributed by atoms with Gasteiger partial charge in [-0.3, -0.25) is 4.79 Å². The molecule has 0 spiro atoms. The Bertz CT molecular complexity index is 498. The first-order valence-corrected chi connectivity index (χ1v) is 6.42. The number of aryl methyl sites for hydroxylation is 1. The quantitative estimate of drug-likeness (QED) is 0.859. The Balaban J connectivity index is 2.07. The lowest BCUT2D eigenvalue weighted by Crippen LogP contribution is -2.32. The number of hydrogen-bond donors (Lipinski definition) is 2. The fourth-order valence-electron chi connectivity index (χ4n) is 2.22. The lowest BCUT2D eigenvalue weighted by Gasteiger charge is -2.15. The molecule has 0 heterocycles. The summed E-state index contributed by atoms with van der Waals surface area (Å²) < 4.78 is 27.3. The number of nitrogens with two attached hydrogens (primary N) is 1. The molecule has 0 radical (unpaired) electrons. The molecule has 3 N–H and O–H groups in total. The first-order chi connectivity index (χ1) is 8.99. The van der Waals surface area contributed by atoms with Crippen molar-refractivity contribution in [3.05, 3.63) is 34.9 Å². The highest BCUT2D eigenvalue weighted by atomic mass is 19.1. The third-order valence-corrected chi connectivity index (χ3v) is 3.77. The summed E-state index contributed by atoms with van der Waals surface area (Å²) in [4.78, 5) is 11.9. The summed E-state index contributed by atoms with van der Waals surface area (Å²) in [5, 5.41) is 2.62. The number of rotatable bonds is 5. The van der Waals surface area contributed by atoms with E-state index in [4.69, 9.17) is 5.73 Å². The average molecular weight is 268 g/mol. The van der Waals surface area contributed by atoms with Crippen molar-refractivity contribution in [2.24, 2.45) is 11.1 Å². The molecular formula is C14H18F2N2O. The molecule has 1 amide bonds. The van der Waals surface area contributed by atoms with Gasteiger partial charge in [-0.1, -0.05) is 6.07 Å². The molecule has 1 fully saturated rings. The molecule has 1 aromatic rings. The Hall–Kier alpha value is -1.49. The van der Waals surface area contributed by atoms with Gasteiger partial charge in [0.15, 0.2) is 0 Å². The van der Waals surface area contributed by atoms with Gasteiger partial charge < -0.3 is 11.1 Å². The maximum Gasteiger partial charge on any atom is 0.257 e. The minimum Gasteiger partial charge on any atom is -0.351 e. The van der Waals surface area contributed by atoms with Crippen LogP contribution in [0.1, 0.15) is 35.2 Å². The van der Waals surface area contributed by atoms with Gasteiger partial charge >= 0.3 is 0 Å². The molecule has 0 aromatic heterocycles. The van der Waals surface area contributed by atoms with Crippen LogP contribution in [0.3, 0.4) is 0 Å². The summed E-state index contributed by atoms with van der Waals surface area (Å²) in [6.45, 7) is 2.49. The first kappa shape index (κ1) is 13.9. The second kappa shape index (κ2) is 5.25. The fourth-order valence-corrected chi connectivity index (χ4v) is 2.22. The van der Waals surface area contributed by atoms with Gasteiger partial charge in [0.1, 0.15) is 17.2 Å². The third kappa shape index (κ3) is 2.92. The van der Waals surface area contributed by atoms with Crippen LogP contribution in [-0.2, 0) is 0 Å². The van der Waals surface area contributed by atoms with E-state index < -0.39 is 23.1 Å². The predicted molar refractivity (Wildman–Crippen MR) is 68.8 cm³/mol. The monoisotopic (exact) mass is 268 g/mol. The van der Waals surface area contributed by atoms with Gasteiger partial charge in [0.05, 0.1) is 0 Å². The van der Waals surface area contributed by atoms with E-state index in [2.05, 4.69) is 5.32 Å². The van der Waals surface area contributed by atoms with Crippen LogP contribution in [0.5, 0.6) is 0 Å². The van der Waals surface area contributed by atoms with Crippen molar-refractivity contribution >= 4 is 5.91 Å². The topological polar surface area (TPSA) is 55.1 Å². The van der Waals surface area contributed by atoms with Gasteiger partial charge in [-0.15, -0.1) is 0 Å².